The lowest BCUT2D eigenvalue weighted by Gasteiger charge is -2.32. The highest BCUT2D eigenvalue weighted by Crippen LogP contribution is 2.39. The van der Waals surface area contributed by atoms with Gasteiger partial charge in [-0.15, -0.1) is 0 Å². The minimum atomic E-state index is -1.03. The summed E-state index contributed by atoms with van der Waals surface area (Å²) in [4.78, 5) is 4.12. The first-order valence-electron chi connectivity index (χ1n) is 6.92. The number of hydrogen-bond donors (Lipinski definition) is 1. The van der Waals surface area contributed by atoms with Crippen LogP contribution < -0.4 is 0 Å². The Morgan fingerprint density at radius 2 is 1.95 bits per heavy atom. The topological polar surface area (TPSA) is 60.0 Å². The molecule has 3 rings (SSSR count). The number of pyridine rings is 1. The maximum Gasteiger partial charge on any atom is 0.525 e. The smallest absolute Gasteiger partial charge is 0.398 e. The number of aromatic nitrogens is 3. The van der Waals surface area contributed by atoms with E-state index in [1.54, 1.807) is 6.07 Å². The lowest BCUT2D eigenvalue weighted by Crippen LogP contribution is -2.41. The van der Waals surface area contributed by atoms with E-state index in [-0.39, 0.29) is 0 Å². The molecule has 116 valence electrons. The molecule has 0 atom stereocenters. The van der Waals surface area contributed by atoms with Crippen LogP contribution in [0.4, 0.5) is 4.39 Å². The molecule has 2 aromatic heterocycles. The molecule has 1 fully saturated rings. The third-order valence-corrected chi connectivity index (χ3v) is 4.46. The van der Waals surface area contributed by atoms with Gasteiger partial charge in [0.25, 0.3) is 0 Å². The summed E-state index contributed by atoms with van der Waals surface area (Å²) in [5.74, 6) is 0. The number of H-pyrrole nitrogens is 1. The zero-order chi connectivity index (χ0) is 16.1. The third kappa shape index (κ3) is 2.53. The van der Waals surface area contributed by atoms with Crippen molar-refractivity contribution in [3.05, 3.63) is 28.7 Å². The second-order valence-corrected chi connectivity index (χ2v) is 6.67. The van der Waals surface area contributed by atoms with Crippen molar-refractivity contribution in [3.63, 3.8) is 0 Å². The third-order valence-electron chi connectivity index (χ3n) is 4.17. The number of rotatable bonds is 2. The zero-order valence-corrected chi connectivity index (χ0v) is 13.5. The zero-order valence-electron chi connectivity index (χ0n) is 12.8. The molecule has 1 saturated heterocycles. The van der Waals surface area contributed by atoms with Gasteiger partial charge >= 0.3 is 7.12 Å². The Morgan fingerprint density at radius 3 is 2.59 bits per heavy atom. The van der Waals surface area contributed by atoms with Gasteiger partial charge in [0, 0.05) is 6.20 Å². The fourth-order valence-corrected chi connectivity index (χ4v) is 2.33. The van der Waals surface area contributed by atoms with E-state index in [0.717, 1.165) is 0 Å². The molecule has 1 N–H and O–H groups in total. The van der Waals surface area contributed by atoms with E-state index >= 15 is 0 Å². The average Bonchev–Trinajstić information content (AvgIpc) is 2.88. The maximum absolute atomic E-state index is 14.4. The van der Waals surface area contributed by atoms with Gasteiger partial charge in [-0.05, 0) is 45.4 Å². The van der Waals surface area contributed by atoms with Crippen molar-refractivity contribution in [1.82, 2.24) is 15.2 Å². The van der Waals surface area contributed by atoms with Crippen molar-refractivity contribution in [2.24, 2.45) is 0 Å². The maximum atomic E-state index is 14.4. The molecular weight excluding hydrogens is 307 g/mol. The molecule has 0 aromatic carbocycles. The number of nitrogens with one attached hydrogen (secondary N) is 1. The van der Waals surface area contributed by atoms with E-state index in [0.29, 0.717) is 21.7 Å². The molecule has 0 spiro atoms. The molecular formula is C14H16BClFN3O2. The van der Waals surface area contributed by atoms with E-state index < -0.39 is 24.0 Å². The number of fused-ring (bicyclic) bond motifs is 1. The number of aromatic amines is 1. The second kappa shape index (κ2) is 5.04. The molecule has 1 aliphatic heterocycles. The largest absolute Gasteiger partial charge is 0.525 e. The Bertz CT molecular complexity index is 744. The van der Waals surface area contributed by atoms with Crippen molar-refractivity contribution >= 4 is 35.8 Å². The minimum Gasteiger partial charge on any atom is -0.398 e. The van der Waals surface area contributed by atoms with Crippen molar-refractivity contribution < 1.29 is 13.7 Å². The first-order valence-corrected chi connectivity index (χ1v) is 7.30. The number of halogens is 2. The predicted molar refractivity (Wildman–Crippen MR) is 84.1 cm³/mol. The summed E-state index contributed by atoms with van der Waals surface area (Å²) in [6.45, 7) is 7.50. The SMILES string of the molecule is CC1(C)OB(C(F)=Cc2cnc3n[nH]c(Cl)c3c2)OC1(C)C. The fraction of sp³-hybridized carbons (Fsp3) is 0.429. The second-order valence-electron chi connectivity index (χ2n) is 6.29. The van der Waals surface area contributed by atoms with Gasteiger partial charge in [-0.2, -0.15) is 5.10 Å². The molecule has 3 heterocycles. The standard InChI is InChI=1S/C14H16BClFN3O2/c1-13(2)14(3,4)22-15(21-13)10(17)6-8-5-9-11(16)19-20-12(9)18-7-8/h5-7H,1-4H3,(H,18,19,20). The molecule has 2 aromatic rings. The van der Waals surface area contributed by atoms with Crippen LogP contribution in [0.3, 0.4) is 0 Å². The van der Waals surface area contributed by atoms with Crippen LogP contribution in [0, 0.1) is 0 Å². The Morgan fingerprint density at radius 1 is 1.32 bits per heavy atom. The Labute approximate surface area is 133 Å². The Hall–Kier alpha value is -1.44. The van der Waals surface area contributed by atoms with Crippen LogP contribution in [0.5, 0.6) is 0 Å². The summed E-state index contributed by atoms with van der Waals surface area (Å²) in [6, 6.07) is 1.71. The highest BCUT2D eigenvalue weighted by atomic mass is 35.5. The molecule has 5 nitrogen and oxygen atoms in total. The number of hydrogen-bond acceptors (Lipinski definition) is 4. The van der Waals surface area contributed by atoms with Gasteiger partial charge in [0.1, 0.15) is 10.9 Å². The van der Waals surface area contributed by atoms with Crippen LogP contribution in [0.25, 0.3) is 17.1 Å². The fourth-order valence-electron chi connectivity index (χ4n) is 2.15. The monoisotopic (exact) mass is 323 g/mol. The Balaban J connectivity index is 1.89. The van der Waals surface area contributed by atoms with Crippen LogP contribution in [-0.2, 0) is 9.31 Å². The summed E-state index contributed by atoms with van der Waals surface area (Å²) >= 11 is 5.96. The van der Waals surface area contributed by atoms with E-state index in [4.69, 9.17) is 20.9 Å². The van der Waals surface area contributed by atoms with Gasteiger partial charge in [-0.1, -0.05) is 11.6 Å². The minimum absolute atomic E-state index is 0.369. The van der Waals surface area contributed by atoms with Gasteiger partial charge in [-0.3, -0.25) is 5.10 Å². The lowest BCUT2D eigenvalue weighted by atomic mass is 9.87. The van der Waals surface area contributed by atoms with Crippen LogP contribution in [0.1, 0.15) is 33.3 Å². The van der Waals surface area contributed by atoms with Gasteiger partial charge in [0.15, 0.2) is 5.65 Å². The summed E-state index contributed by atoms with van der Waals surface area (Å²) in [7, 11) is -1.03. The van der Waals surface area contributed by atoms with Gasteiger partial charge in [-0.25, -0.2) is 9.37 Å². The molecule has 0 radical (unpaired) electrons. The van der Waals surface area contributed by atoms with Crippen molar-refractivity contribution in [1.29, 1.82) is 0 Å². The van der Waals surface area contributed by atoms with E-state index in [1.165, 1.54) is 12.3 Å². The normalized spacial score (nSPS) is 20.8. The highest BCUT2D eigenvalue weighted by molar-refractivity contribution is 6.54. The van der Waals surface area contributed by atoms with Crippen LogP contribution in [-0.4, -0.2) is 33.5 Å². The summed E-state index contributed by atoms with van der Waals surface area (Å²) in [6.07, 6.45) is 2.85. The first kappa shape index (κ1) is 15.5. The van der Waals surface area contributed by atoms with Crippen molar-refractivity contribution in [2.75, 3.05) is 0 Å². The molecule has 22 heavy (non-hydrogen) atoms. The van der Waals surface area contributed by atoms with Gasteiger partial charge in [0.2, 0.25) is 0 Å². The van der Waals surface area contributed by atoms with Gasteiger partial charge < -0.3 is 9.31 Å². The average molecular weight is 324 g/mol. The van der Waals surface area contributed by atoms with Crippen molar-refractivity contribution in [2.45, 2.75) is 38.9 Å². The van der Waals surface area contributed by atoms with Crippen molar-refractivity contribution in [3.8, 4) is 0 Å². The summed E-state index contributed by atoms with van der Waals surface area (Å²) in [5.41, 5.74) is -0.640. The highest BCUT2D eigenvalue weighted by Gasteiger charge is 2.53. The molecule has 0 amide bonds. The molecule has 8 heteroatoms. The van der Waals surface area contributed by atoms with E-state index in [9.17, 15) is 4.39 Å². The first-order chi connectivity index (χ1) is 10.2. The molecule has 0 saturated carbocycles. The van der Waals surface area contributed by atoms with E-state index in [1.807, 2.05) is 27.7 Å². The van der Waals surface area contributed by atoms with Crippen LogP contribution >= 0.6 is 11.6 Å². The van der Waals surface area contributed by atoms with Crippen LogP contribution in [0.15, 0.2) is 18.0 Å². The predicted octanol–water partition coefficient (Wildman–Crippen LogP) is 3.55. The quantitative estimate of drug-likeness (QED) is 0.859. The summed E-state index contributed by atoms with van der Waals surface area (Å²) < 4.78 is 25.8. The molecule has 1 aliphatic rings. The van der Waals surface area contributed by atoms with Crippen LogP contribution in [0.2, 0.25) is 5.15 Å². The lowest BCUT2D eigenvalue weighted by molar-refractivity contribution is 0.00578. The Kier molecular flexibility index (Phi) is 3.54. The molecule has 0 bridgehead atoms. The van der Waals surface area contributed by atoms with Gasteiger partial charge in [0.05, 0.1) is 16.6 Å². The number of nitrogens with zero attached hydrogens (tertiary/aromatic N) is 2. The summed E-state index contributed by atoms with van der Waals surface area (Å²) in [5, 5.41) is 7.55. The van der Waals surface area contributed by atoms with E-state index in [2.05, 4.69) is 15.2 Å². The molecule has 0 unspecified atom stereocenters. The molecule has 0 aliphatic carbocycles.